The van der Waals surface area contributed by atoms with Crippen LogP contribution in [0, 0.1) is 6.92 Å². The summed E-state index contributed by atoms with van der Waals surface area (Å²) in [5.74, 6) is 1.18. The molecular formula is C13H21N3O3. The van der Waals surface area contributed by atoms with Crippen LogP contribution in [-0.4, -0.2) is 39.3 Å². The first-order chi connectivity index (χ1) is 8.85. The third kappa shape index (κ3) is 4.22. The molecule has 1 aromatic heterocycles. The number of rotatable bonds is 4. The average molecular weight is 267 g/mol. The number of aromatic nitrogens is 2. The fraction of sp³-hybridized carbons (Fsp3) is 0.769. The van der Waals surface area contributed by atoms with E-state index < -0.39 is 5.60 Å². The first-order valence-corrected chi connectivity index (χ1v) is 6.64. The van der Waals surface area contributed by atoms with E-state index in [2.05, 4.69) is 10.1 Å². The number of amides is 1. The van der Waals surface area contributed by atoms with Crippen molar-refractivity contribution < 1.29 is 14.1 Å². The van der Waals surface area contributed by atoms with Crippen molar-refractivity contribution in [3.05, 3.63) is 11.7 Å². The van der Waals surface area contributed by atoms with Crippen molar-refractivity contribution in [3.63, 3.8) is 0 Å². The van der Waals surface area contributed by atoms with Crippen LogP contribution in [0.25, 0.3) is 0 Å². The Morgan fingerprint density at radius 2 is 2.16 bits per heavy atom. The molecule has 0 aromatic carbocycles. The van der Waals surface area contributed by atoms with Crippen LogP contribution in [0.4, 0.5) is 4.79 Å². The Bertz CT molecular complexity index is 446. The Balaban J connectivity index is 1.91. The fourth-order valence-corrected chi connectivity index (χ4v) is 1.79. The predicted molar refractivity (Wildman–Crippen MR) is 68.7 cm³/mol. The highest BCUT2D eigenvalue weighted by Gasteiger charge is 2.35. The number of aryl methyl sites for hydroxylation is 1. The summed E-state index contributed by atoms with van der Waals surface area (Å²) in [6, 6.07) is 0.308. The summed E-state index contributed by atoms with van der Waals surface area (Å²) < 4.78 is 10.3. The maximum atomic E-state index is 12.1. The van der Waals surface area contributed by atoms with Crippen molar-refractivity contribution in [2.45, 2.75) is 58.6 Å². The minimum absolute atomic E-state index is 0.254. The van der Waals surface area contributed by atoms with E-state index >= 15 is 0 Å². The van der Waals surface area contributed by atoms with E-state index in [1.54, 1.807) is 11.8 Å². The van der Waals surface area contributed by atoms with E-state index in [9.17, 15) is 4.79 Å². The molecule has 1 heterocycles. The van der Waals surface area contributed by atoms with Gasteiger partial charge < -0.3 is 14.2 Å². The molecule has 0 bridgehead atoms. The van der Waals surface area contributed by atoms with Crippen molar-refractivity contribution in [3.8, 4) is 0 Å². The molecule has 0 saturated heterocycles. The van der Waals surface area contributed by atoms with Gasteiger partial charge in [-0.3, -0.25) is 0 Å². The molecule has 0 atom stereocenters. The van der Waals surface area contributed by atoms with Gasteiger partial charge in [0, 0.05) is 25.9 Å². The van der Waals surface area contributed by atoms with Gasteiger partial charge >= 0.3 is 6.09 Å². The topological polar surface area (TPSA) is 68.5 Å². The van der Waals surface area contributed by atoms with Crippen LogP contribution in [0.5, 0.6) is 0 Å². The van der Waals surface area contributed by atoms with Crippen LogP contribution in [0.2, 0.25) is 0 Å². The summed E-state index contributed by atoms with van der Waals surface area (Å²) in [6.45, 7) is 7.94. The normalized spacial score (nSPS) is 15.4. The zero-order chi connectivity index (χ0) is 14.0. The third-order valence-corrected chi connectivity index (χ3v) is 2.76. The minimum Gasteiger partial charge on any atom is -0.444 e. The summed E-state index contributed by atoms with van der Waals surface area (Å²) in [5, 5.41) is 3.84. The van der Waals surface area contributed by atoms with Crippen molar-refractivity contribution in [1.82, 2.24) is 15.0 Å². The molecular weight excluding hydrogens is 246 g/mol. The molecule has 0 N–H and O–H groups in total. The lowest BCUT2D eigenvalue weighted by Gasteiger charge is -2.27. The van der Waals surface area contributed by atoms with Gasteiger partial charge in [0.2, 0.25) is 5.89 Å². The summed E-state index contributed by atoms with van der Waals surface area (Å²) in [4.78, 5) is 18.0. The Morgan fingerprint density at radius 3 is 2.63 bits per heavy atom. The van der Waals surface area contributed by atoms with Crippen molar-refractivity contribution >= 4 is 6.09 Å². The molecule has 1 aliphatic rings. The highest BCUT2D eigenvalue weighted by atomic mass is 16.6. The van der Waals surface area contributed by atoms with Gasteiger partial charge in [-0.25, -0.2) is 4.79 Å². The van der Waals surface area contributed by atoms with Gasteiger partial charge in [-0.2, -0.15) is 4.98 Å². The van der Waals surface area contributed by atoms with Crippen LogP contribution < -0.4 is 0 Å². The quantitative estimate of drug-likeness (QED) is 0.837. The lowest BCUT2D eigenvalue weighted by atomic mass is 10.2. The number of hydrogen-bond acceptors (Lipinski definition) is 5. The van der Waals surface area contributed by atoms with Gasteiger partial charge in [0.25, 0.3) is 0 Å². The molecule has 1 saturated carbocycles. The molecule has 0 radical (unpaired) electrons. The van der Waals surface area contributed by atoms with Crippen molar-refractivity contribution in [1.29, 1.82) is 0 Å². The van der Waals surface area contributed by atoms with Crippen molar-refractivity contribution in [2.75, 3.05) is 6.54 Å². The van der Waals surface area contributed by atoms with Crippen molar-refractivity contribution in [2.24, 2.45) is 0 Å². The minimum atomic E-state index is -0.465. The maximum absolute atomic E-state index is 12.1. The SMILES string of the molecule is Cc1nc(CCN(C(=O)OC(C)(C)C)C2CC2)no1. The van der Waals surface area contributed by atoms with Crippen LogP contribution in [0.1, 0.15) is 45.3 Å². The third-order valence-electron chi connectivity index (χ3n) is 2.76. The highest BCUT2D eigenvalue weighted by molar-refractivity contribution is 5.69. The molecule has 1 aliphatic carbocycles. The summed E-state index contributed by atoms with van der Waals surface area (Å²) in [5.41, 5.74) is -0.465. The molecule has 1 fully saturated rings. The van der Waals surface area contributed by atoms with E-state index in [0.717, 1.165) is 12.8 Å². The maximum Gasteiger partial charge on any atom is 0.410 e. The first-order valence-electron chi connectivity index (χ1n) is 6.64. The number of carbonyl (C=O) groups is 1. The van der Waals surface area contributed by atoms with Crippen LogP contribution in [-0.2, 0) is 11.2 Å². The molecule has 106 valence electrons. The zero-order valence-corrected chi connectivity index (χ0v) is 12.0. The van der Waals surface area contributed by atoms with E-state index in [1.165, 1.54) is 0 Å². The molecule has 1 amide bonds. The number of nitrogens with zero attached hydrogens (tertiary/aromatic N) is 3. The first kappa shape index (κ1) is 13.8. The summed E-state index contributed by atoms with van der Waals surface area (Å²) in [7, 11) is 0. The molecule has 0 unspecified atom stereocenters. The highest BCUT2D eigenvalue weighted by Crippen LogP contribution is 2.28. The predicted octanol–water partition coefficient (Wildman–Crippen LogP) is 2.32. The molecule has 6 nitrogen and oxygen atoms in total. The van der Waals surface area contributed by atoms with Crippen LogP contribution >= 0.6 is 0 Å². The summed E-state index contributed by atoms with van der Waals surface area (Å²) in [6.07, 6.45) is 2.43. The van der Waals surface area contributed by atoms with Crippen LogP contribution in [0.15, 0.2) is 4.52 Å². The lowest BCUT2D eigenvalue weighted by Crippen LogP contribution is -2.39. The molecule has 1 aromatic rings. The van der Waals surface area contributed by atoms with Gasteiger partial charge in [0.15, 0.2) is 5.82 Å². The van der Waals surface area contributed by atoms with Crippen LogP contribution in [0.3, 0.4) is 0 Å². The van der Waals surface area contributed by atoms with E-state index in [-0.39, 0.29) is 6.09 Å². The largest absolute Gasteiger partial charge is 0.444 e. The molecule has 0 spiro atoms. The molecule has 0 aliphatic heterocycles. The van der Waals surface area contributed by atoms with Gasteiger partial charge in [-0.1, -0.05) is 5.16 Å². The van der Waals surface area contributed by atoms with E-state index in [0.29, 0.717) is 30.7 Å². The fourth-order valence-electron chi connectivity index (χ4n) is 1.79. The number of ether oxygens (including phenoxy) is 1. The lowest BCUT2D eigenvalue weighted by molar-refractivity contribution is 0.0235. The standard InChI is InChI=1S/C13H21N3O3/c1-9-14-11(15-19-9)7-8-16(10-5-6-10)12(17)18-13(2,3)4/h10H,5-8H2,1-4H3. The van der Waals surface area contributed by atoms with Gasteiger partial charge in [0.1, 0.15) is 5.60 Å². The van der Waals surface area contributed by atoms with Gasteiger partial charge in [-0.15, -0.1) is 0 Å². The Morgan fingerprint density at radius 1 is 1.47 bits per heavy atom. The Hall–Kier alpha value is -1.59. The second-order valence-corrected chi connectivity index (χ2v) is 5.88. The zero-order valence-electron chi connectivity index (χ0n) is 12.0. The molecule has 19 heavy (non-hydrogen) atoms. The monoisotopic (exact) mass is 267 g/mol. The van der Waals surface area contributed by atoms with Gasteiger partial charge in [0.05, 0.1) is 0 Å². The second kappa shape index (κ2) is 5.19. The van der Waals surface area contributed by atoms with E-state index in [4.69, 9.17) is 9.26 Å². The Labute approximate surface area is 113 Å². The average Bonchev–Trinajstić information content (AvgIpc) is 3.00. The number of carbonyl (C=O) groups excluding carboxylic acids is 1. The summed E-state index contributed by atoms with van der Waals surface area (Å²) >= 11 is 0. The smallest absolute Gasteiger partial charge is 0.410 e. The molecule has 2 rings (SSSR count). The Kier molecular flexibility index (Phi) is 3.78. The van der Waals surface area contributed by atoms with E-state index in [1.807, 2.05) is 20.8 Å². The number of hydrogen-bond donors (Lipinski definition) is 0. The molecule has 6 heteroatoms. The second-order valence-electron chi connectivity index (χ2n) is 5.88. The van der Waals surface area contributed by atoms with Gasteiger partial charge in [-0.05, 0) is 33.6 Å².